The molecule has 3 atom stereocenters. The SMILES string of the molecule is CC(O)(CNC(=O)NC1CCOC1c1ccccc1)c1ccccc1. The van der Waals surface area contributed by atoms with Gasteiger partial charge in [-0.05, 0) is 24.5 Å². The van der Waals surface area contributed by atoms with Gasteiger partial charge in [-0.2, -0.15) is 0 Å². The molecule has 0 spiro atoms. The first-order valence-corrected chi connectivity index (χ1v) is 8.55. The lowest BCUT2D eigenvalue weighted by Crippen LogP contribution is -2.47. The van der Waals surface area contributed by atoms with Crippen molar-refractivity contribution < 1.29 is 14.6 Å². The van der Waals surface area contributed by atoms with E-state index in [4.69, 9.17) is 4.74 Å². The first-order chi connectivity index (χ1) is 12.1. The van der Waals surface area contributed by atoms with Gasteiger partial charge in [0.05, 0.1) is 12.6 Å². The van der Waals surface area contributed by atoms with Crippen molar-refractivity contribution in [3.05, 3.63) is 71.8 Å². The molecule has 1 heterocycles. The maximum Gasteiger partial charge on any atom is 0.315 e. The summed E-state index contributed by atoms with van der Waals surface area (Å²) in [6, 6.07) is 18.8. The van der Waals surface area contributed by atoms with Gasteiger partial charge in [-0.1, -0.05) is 60.7 Å². The van der Waals surface area contributed by atoms with Crippen molar-refractivity contribution >= 4 is 6.03 Å². The minimum Gasteiger partial charge on any atom is -0.384 e. The van der Waals surface area contributed by atoms with Crippen molar-refractivity contribution in [3.63, 3.8) is 0 Å². The Balaban J connectivity index is 1.55. The van der Waals surface area contributed by atoms with Crippen LogP contribution in [0, 0.1) is 0 Å². The molecule has 1 fully saturated rings. The standard InChI is InChI=1S/C20H24N2O3/c1-20(24,16-10-6-3-7-11-16)14-21-19(23)22-17-12-13-25-18(17)15-8-4-2-5-9-15/h2-11,17-18,24H,12-14H2,1H3,(H2,21,22,23). The zero-order valence-corrected chi connectivity index (χ0v) is 14.3. The Kier molecular flexibility index (Phi) is 5.36. The largest absolute Gasteiger partial charge is 0.384 e. The Morgan fingerprint density at radius 1 is 1.16 bits per heavy atom. The molecular formula is C20H24N2O3. The lowest BCUT2D eigenvalue weighted by atomic mass is 9.96. The monoisotopic (exact) mass is 340 g/mol. The zero-order chi connectivity index (χ0) is 17.7. The molecule has 3 unspecified atom stereocenters. The van der Waals surface area contributed by atoms with E-state index in [1.807, 2.05) is 60.7 Å². The van der Waals surface area contributed by atoms with E-state index in [1.54, 1.807) is 6.92 Å². The molecule has 0 bridgehead atoms. The van der Waals surface area contributed by atoms with Gasteiger partial charge in [-0.3, -0.25) is 0 Å². The number of amides is 2. The highest BCUT2D eigenvalue weighted by Crippen LogP contribution is 2.28. The van der Waals surface area contributed by atoms with Gasteiger partial charge in [-0.15, -0.1) is 0 Å². The Morgan fingerprint density at radius 2 is 1.80 bits per heavy atom. The van der Waals surface area contributed by atoms with E-state index in [0.717, 1.165) is 17.5 Å². The van der Waals surface area contributed by atoms with Crippen LogP contribution in [0.4, 0.5) is 4.79 Å². The summed E-state index contributed by atoms with van der Waals surface area (Å²) in [5.74, 6) is 0. The second-order valence-corrected chi connectivity index (χ2v) is 6.56. The highest BCUT2D eigenvalue weighted by atomic mass is 16.5. The fourth-order valence-corrected chi connectivity index (χ4v) is 3.08. The highest BCUT2D eigenvalue weighted by molar-refractivity contribution is 5.74. The van der Waals surface area contributed by atoms with Crippen molar-refractivity contribution in [1.29, 1.82) is 0 Å². The number of aliphatic hydroxyl groups is 1. The molecule has 0 aromatic heterocycles. The van der Waals surface area contributed by atoms with Gasteiger partial charge in [-0.25, -0.2) is 4.79 Å². The number of hydrogen-bond donors (Lipinski definition) is 3. The van der Waals surface area contributed by atoms with Gasteiger partial charge in [0.2, 0.25) is 0 Å². The van der Waals surface area contributed by atoms with E-state index < -0.39 is 5.60 Å². The van der Waals surface area contributed by atoms with E-state index in [0.29, 0.717) is 6.61 Å². The minimum atomic E-state index is -1.12. The van der Waals surface area contributed by atoms with Crippen LogP contribution in [0.15, 0.2) is 60.7 Å². The van der Waals surface area contributed by atoms with E-state index in [-0.39, 0.29) is 24.7 Å². The molecule has 2 aromatic rings. The number of ether oxygens (including phenoxy) is 1. The average molecular weight is 340 g/mol. The quantitative estimate of drug-likeness (QED) is 0.784. The lowest BCUT2D eigenvalue weighted by molar-refractivity contribution is 0.0588. The van der Waals surface area contributed by atoms with E-state index in [1.165, 1.54) is 0 Å². The number of nitrogens with one attached hydrogen (secondary N) is 2. The summed E-state index contributed by atoms with van der Waals surface area (Å²) in [5, 5.41) is 16.3. The van der Waals surface area contributed by atoms with Gasteiger partial charge >= 0.3 is 6.03 Å². The first kappa shape index (κ1) is 17.5. The maximum atomic E-state index is 12.3. The van der Waals surface area contributed by atoms with Crippen LogP contribution < -0.4 is 10.6 Å². The van der Waals surface area contributed by atoms with Crippen LogP contribution in [0.25, 0.3) is 0 Å². The lowest BCUT2D eigenvalue weighted by Gasteiger charge is -2.25. The van der Waals surface area contributed by atoms with E-state index in [9.17, 15) is 9.90 Å². The zero-order valence-electron chi connectivity index (χ0n) is 14.3. The summed E-state index contributed by atoms with van der Waals surface area (Å²) in [6.07, 6.45) is 0.629. The summed E-state index contributed by atoms with van der Waals surface area (Å²) in [6.45, 7) is 2.44. The number of hydrogen-bond acceptors (Lipinski definition) is 3. The van der Waals surface area contributed by atoms with Crippen molar-refractivity contribution in [2.45, 2.75) is 31.1 Å². The van der Waals surface area contributed by atoms with Crippen molar-refractivity contribution in [2.75, 3.05) is 13.2 Å². The fourth-order valence-electron chi connectivity index (χ4n) is 3.08. The third-order valence-corrected chi connectivity index (χ3v) is 4.53. The van der Waals surface area contributed by atoms with Crippen molar-refractivity contribution in [1.82, 2.24) is 10.6 Å². The van der Waals surface area contributed by atoms with Crippen LogP contribution in [0.2, 0.25) is 0 Å². The Labute approximate surface area is 148 Å². The number of carbonyl (C=O) groups excluding carboxylic acids is 1. The van der Waals surface area contributed by atoms with Gasteiger partial charge in [0.1, 0.15) is 11.7 Å². The molecule has 2 amide bonds. The third kappa shape index (κ3) is 4.38. The molecule has 3 N–H and O–H groups in total. The molecule has 1 aliphatic rings. The van der Waals surface area contributed by atoms with Crippen LogP contribution >= 0.6 is 0 Å². The summed E-state index contributed by atoms with van der Waals surface area (Å²) in [7, 11) is 0. The fraction of sp³-hybridized carbons (Fsp3) is 0.350. The Hall–Kier alpha value is -2.37. The normalized spacial score (nSPS) is 22.2. The second kappa shape index (κ2) is 7.68. The summed E-state index contributed by atoms with van der Waals surface area (Å²) < 4.78 is 5.78. The third-order valence-electron chi connectivity index (χ3n) is 4.53. The molecule has 0 radical (unpaired) electrons. The highest BCUT2D eigenvalue weighted by Gasteiger charge is 2.31. The molecule has 0 saturated carbocycles. The molecular weight excluding hydrogens is 316 g/mol. The van der Waals surface area contributed by atoms with Crippen LogP contribution in [-0.2, 0) is 10.3 Å². The van der Waals surface area contributed by atoms with Gasteiger partial charge in [0.25, 0.3) is 0 Å². The van der Waals surface area contributed by atoms with Crippen molar-refractivity contribution in [3.8, 4) is 0 Å². The molecule has 1 aliphatic heterocycles. The predicted molar refractivity (Wildman–Crippen MR) is 96.1 cm³/mol. The van der Waals surface area contributed by atoms with Gasteiger partial charge < -0.3 is 20.5 Å². The van der Waals surface area contributed by atoms with E-state index in [2.05, 4.69) is 10.6 Å². The molecule has 25 heavy (non-hydrogen) atoms. The van der Waals surface area contributed by atoms with Crippen LogP contribution in [-0.4, -0.2) is 30.3 Å². The smallest absolute Gasteiger partial charge is 0.315 e. The molecule has 3 rings (SSSR count). The number of urea groups is 1. The van der Waals surface area contributed by atoms with E-state index >= 15 is 0 Å². The minimum absolute atomic E-state index is 0.0796. The summed E-state index contributed by atoms with van der Waals surface area (Å²) >= 11 is 0. The molecule has 132 valence electrons. The molecule has 5 nitrogen and oxygen atoms in total. The number of benzene rings is 2. The van der Waals surface area contributed by atoms with Gasteiger partial charge in [0, 0.05) is 6.61 Å². The molecule has 1 saturated heterocycles. The Bertz CT molecular complexity index is 689. The number of rotatable bonds is 5. The van der Waals surface area contributed by atoms with Crippen molar-refractivity contribution in [2.24, 2.45) is 0 Å². The molecule has 2 aromatic carbocycles. The molecule has 5 heteroatoms. The predicted octanol–water partition coefficient (Wildman–Crippen LogP) is 2.72. The summed E-state index contributed by atoms with van der Waals surface area (Å²) in [5.41, 5.74) is 0.701. The topological polar surface area (TPSA) is 70.6 Å². The maximum absolute atomic E-state index is 12.3. The number of carbonyl (C=O) groups is 1. The Morgan fingerprint density at radius 3 is 2.48 bits per heavy atom. The summed E-state index contributed by atoms with van der Waals surface area (Å²) in [4.78, 5) is 12.3. The van der Waals surface area contributed by atoms with Crippen LogP contribution in [0.3, 0.4) is 0 Å². The van der Waals surface area contributed by atoms with Crippen LogP contribution in [0.5, 0.6) is 0 Å². The molecule has 0 aliphatic carbocycles. The van der Waals surface area contributed by atoms with Gasteiger partial charge in [0.15, 0.2) is 0 Å². The van der Waals surface area contributed by atoms with Crippen LogP contribution in [0.1, 0.15) is 30.6 Å². The average Bonchev–Trinajstić information content (AvgIpc) is 3.10. The second-order valence-electron chi connectivity index (χ2n) is 6.56. The first-order valence-electron chi connectivity index (χ1n) is 8.55.